The van der Waals surface area contributed by atoms with E-state index in [0.29, 0.717) is 12.8 Å². The Labute approximate surface area is 184 Å². The van der Waals surface area contributed by atoms with Crippen molar-refractivity contribution in [2.75, 3.05) is 14.2 Å². The third kappa shape index (κ3) is 19.1. The number of carboxylic acids is 1. The van der Waals surface area contributed by atoms with Gasteiger partial charge in [0.1, 0.15) is 6.04 Å². The van der Waals surface area contributed by atoms with Crippen LogP contribution in [0.3, 0.4) is 0 Å². The van der Waals surface area contributed by atoms with E-state index in [1.807, 2.05) is 6.92 Å². The van der Waals surface area contributed by atoms with E-state index < -0.39 is 35.7 Å². The summed E-state index contributed by atoms with van der Waals surface area (Å²) in [6, 6.07) is -0.767. The van der Waals surface area contributed by atoms with Gasteiger partial charge in [0.15, 0.2) is 0 Å². The number of nitrogens with two attached hydrogens (primary N) is 1. The first-order valence-corrected chi connectivity index (χ1v) is 10.5. The Morgan fingerprint density at radius 2 is 1.52 bits per heavy atom. The number of nitrogens with one attached hydrogen (secondary N) is 1. The molecule has 31 heavy (non-hydrogen) atoms. The van der Waals surface area contributed by atoms with E-state index in [9.17, 15) is 24.0 Å². The summed E-state index contributed by atoms with van der Waals surface area (Å²) in [6.45, 7) is 4.06. The number of esters is 2. The minimum Gasteiger partial charge on any atom is -0.481 e. The lowest BCUT2D eigenvalue weighted by Crippen LogP contribution is -2.42. The first-order chi connectivity index (χ1) is 14.6. The topological polar surface area (TPSA) is 162 Å². The summed E-state index contributed by atoms with van der Waals surface area (Å²) in [4.78, 5) is 55.6. The van der Waals surface area contributed by atoms with Crippen molar-refractivity contribution in [1.29, 1.82) is 0 Å². The van der Waals surface area contributed by atoms with Crippen molar-refractivity contribution in [3.05, 3.63) is 0 Å². The third-order valence-corrected chi connectivity index (χ3v) is 4.31. The van der Waals surface area contributed by atoms with E-state index in [1.165, 1.54) is 14.2 Å². The number of ether oxygens (including phenoxy) is 2. The highest BCUT2D eigenvalue weighted by Gasteiger charge is 2.24. The van der Waals surface area contributed by atoms with Gasteiger partial charge in [-0.3, -0.25) is 19.2 Å². The zero-order valence-corrected chi connectivity index (χ0v) is 19.1. The van der Waals surface area contributed by atoms with E-state index in [4.69, 9.17) is 10.8 Å². The van der Waals surface area contributed by atoms with Crippen LogP contribution in [-0.2, 0) is 33.4 Å². The third-order valence-electron chi connectivity index (χ3n) is 4.31. The van der Waals surface area contributed by atoms with Crippen molar-refractivity contribution in [2.24, 2.45) is 11.7 Å². The van der Waals surface area contributed by atoms with Crippen molar-refractivity contribution in [2.45, 2.75) is 84.1 Å². The standard InChI is InChI=1S/C14H24N2O6.C7H14O2/c1-3-4-5-10(14(21)22-2)16-12(18)7-9(6-11(15)17)8-13(19)20;1-3-4-5-6-7(8)9-2/h9-10H,3-8H2,1-2H3,(H2,15,17)(H,16,18)(H,19,20);3-6H2,1-2H3. The molecule has 2 unspecified atom stereocenters. The maximum Gasteiger partial charge on any atom is 0.328 e. The van der Waals surface area contributed by atoms with Crippen LogP contribution in [0.25, 0.3) is 0 Å². The van der Waals surface area contributed by atoms with Gasteiger partial charge in [0.2, 0.25) is 11.8 Å². The Morgan fingerprint density at radius 3 is 1.97 bits per heavy atom. The summed E-state index contributed by atoms with van der Waals surface area (Å²) < 4.78 is 9.08. The number of methoxy groups -OCH3 is 2. The van der Waals surface area contributed by atoms with Crippen LogP contribution >= 0.6 is 0 Å². The second-order valence-electron chi connectivity index (χ2n) is 7.16. The van der Waals surface area contributed by atoms with Gasteiger partial charge in [-0.2, -0.15) is 0 Å². The first-order valence-electron chi connectivity index (χ1n) is 10.5. The van der Waals surface area contributed by atoms with E-state index in [-0.39, 0.29) is 25.2 Å². The molecule has 0 aromatic rings. The predicted octanol–water partition coefficient (Wildman–Crippen LogP) is 1.93. The molecule has 10 nitrogen and oxygen atoms in total. The number of carbonyl (C=O) groups excluding carboxylic acids is 4. The van der Waals surface area contributed by atoms with Gasteiger partial charge >= 0.3 is 17.9 Å². The largest absolute Gasteiger partial charge is 0.481 e. The van der Waals surface area contributed by atoms with Crippen molar-refractivity contribution >= 4 is 29.7 Å². The summed E-state index contributed by atoms with van der Waals surface area (Å²) in [6.07, 6.45) is 5.11. The smallest absolute Gasteiger partial charge is 0.328 e. The summed E-state index contributed by atoms with van der Waals surface area (Å²) in [5.74, 6) is -3.63. The van der Waals surface area contributed by atoms with Gasteiger partial charge in [-0.1, -0.05) is 39.5 Å². The van der Waals surface area contributed by atoms with Crippen LogP contribution in [0.2, 0.25) is 0 Å². The molecule has 2 atom stereocenters. The van der Waals surface area contributed by atoms with Gasteiger partial charge in [-0.25, -0.2) is 4.79 Å². The Bertz CT molecular complexity index is 550. The van der Waals surface area contributed by atoms with Crippen LogP contribution in [-0.4, -0.2) is 55.1 Å². The molecular formula is C21H38N2O8. The Kier molecular flexibility index (Phi) is 19.0. The summed E-state index contributed by atoms with van der Waals surface area (Å²) in [5, 5.41) is 11.3. The molecule has 0 fully saturated rings. The number of hydrogen-bond donors (Lipinski definition) is 3. The number of hydrogen-bond acceptors (Lipinski definition) is 7. The van der Waals surface area contributed by atoms with Crippen LogP contribution < -0.4 is 11.1 Å². The minimum absolute atomic E-state index is 0.0940. The van der Waals surface area contributed by atoms with E-state index in [0.717, 1.165) is 32.1 Å². The second-order valence-corrected chi connectivity index (χ2v) is 7.16. The lowest BCUT2D eigenvalue weighted by Gasteiger charge is -2.18. The highest BCUT2D eigenvalue weighted by molar-refractivity contribution is 5.85. The predicted molar refractivity (Wildman–Crippen MR) is 114 cm³/mol. The van der Waals surface area contributed by atoms with Crippen LogP contribution in [0.4, 0.5) is 0 Å². The van der Waals surface area contributed by atoms with Crippen molar-refractivity contribution in [1.82, 2.24) is 5.32 Å². The van der Waals surface area contributed by atoms with Crippen molar-refractivity contribution in [3.8, 4) is 0 Å². The number of amides is 2. The fourth-order valence-electron chi connectivity index (χ4n) is 2.68. The highest BCUT2D eigenvalue weighted by atomic mass is 16.5. The molecular weight excluding hydrogens is 408 g/mol. The summed E-state index contributed by atoms with van der Waals surface area (Å²) in [7, 11) is 2.65. The highest BCUT2D eigenvalue weighted by Crippen LogP contribution is 2.14. The van der Waals surface area contributed by atoms with Gasteiger partial charge in [0, 0.05) is 25.7 Å². The molecule has 0 spiro atoms. The van der Waals surface area contributed by atoms with Crippen molar-refractivity contribution in [3.63, 3.8) is 0 Å². The molecule has 0 aliphatic heterocycles. The van der Waals surface area contributed by atoms with Gasteiger partial charge in [-0.05, 0) is 18.8 Å². The van der Waals surface area contributed by atoms with E-state index in [2.05, 4.69) is 21.7 Å². The number of unbranched alkanes of at least 4 members (excludes halogenated alkanes) is 3. The number of primary amides is 1. The average Bonchev–Trinajstić information content (AvgIpc) is 2.69. The normalized spacial score (nSPS) is 11.9. The number of rotatable bonds is 15. The molecule has 0 aliphatic carbocycles. The fourth-order valence-corrected chi connectivity index (χ4v) is 2.68. The molecule has 0 rings (SSSR count). The lowest BCUT2D eigenvalue weighted by molar-refractivity contribution is -0.146. The fraction of sp³-hybridized carbons (Fsp3) is 0.762. The molecule has 0 radical (unpaired) electrons. The number of aliphatic carboxylic acids is 1. The molecule has 0 aromatic carbocycles. The maximum absolute atomic E-state index is 11.9. The average molecular weight is 447 g/mol. The van der Waals surface area contributed by atoms with E-state index >= 15 is 0 Å². The molecule has 180 valence electrons. The van der Waals surface area contributed by atoms with Gasteiger partial charge < -0.3 is 25.6 Å². The first kappa shape index (κ1) is 30.5. The van der Waals surface area contributed by atoms with Crippen LogP contribution in [0.15, 0.2) is 0 Å². The molecule has 0 saturated heterocycles. The molecule has 0 bridgehead atoms. The Hall–Kier alpha value is -2.65. The van der Waals surface area contributed by atoms with E-state index in [1.54, 1.807) is 0 Å². The van der Waals surface area contributed by atoms with Gasteiger partial charge in [-0.15, -0.1) is 0 Å². The SMILES string of the molecule is CCCCC(NC(=O)CC(CC(N)=O)CC(=O)O)C(=O)OC.CCCCCC(=O)OC. The Morgan fingerprint density at radius 1 is 0.903 bits per heavy atom. The van der Waals surface area contributed by atoms with Gasteiger partial charge in [0.05, 0.1) is 14.2 Å². The molecule has 0 heterocycles. The molecule has 4 N–H and O–H groups in total. The molecule has 0 aliphatic rings. The monoisotopic (exact) mass is 446 g/mol. The quantitative estimate of drug-likeness (QED) is 0.254. The van der Waals surface area contributed by atoms with Crippen LogP contribution in [0.1, 0.15) is 78.1 Å². The Balaban J connectivity index is 0. The van der Waals surface area contributed by atoms with Crippen molar-refractivity contribution < 1.29 is 38.6 Å². The number of carbonyl (C=O) groups is 5. The summed E-state index contributed by atoms with van der Waals surface area (Å²) >= 11 is 0. The lowest BCUT2D eigenvalue weighted by atomic mass is 9.96. The minimum atomic E-state index is -1.12. The van der Waals surface area contributed by atoms with Crippen LogP contribution in [0, 0.1) is 5.92 Å². The molecule has 0 saturated carbocycles. The number of carboxylic acid groups (broad SMARTS) is 1. The molecule has 10 heteroatoms. The second kappa shape index (κ2) is 19.3. The van der Waals surface area contributed by atoms with Gasteiger partial charge in [0.25, 0.3) is 0 Å². The zero-order chi connectivity index (χ0) is 24.2. The maximum atomic E-state index is 11.9. The molecule has 0 aromatic heterocycles. The summed E-state index contributed by atoms with van der Waals surface area (Å²) in [5.41, 5.74) is 5.04. The zero-order valence-electron chi connectivity index (χ0n) is 19.1. The molecule has 2 amide bonds. The van der Waals surface area contributed by atoms with Crippen LogP contribution in [0.5, 0.6) is 0 Å².